The van der Waals surface area contributed by atoms with Crippen LogP contribution in [0.15, 0.2) is 59.0 Å². The second kappa shape index (κ2) is 6.71. The van der Waals surface area contributed by atoms with Gasteiger partial charge in [-0.1, -0.05) is 0 Å². The van der Waals surface area contributed by atoms with Crippen molar-refractivity contribution < 1.29 is 0 Å². The number of aromatic nitrogens is 1. The Morgan fingerprint density at radius 3 is 2.17 bits per heavy atom. The van der Waals surface area contributed by atoms with Gasteiger partial charge in [0, 0.05) is 26.0 Å². The maximum atomic E-state index is 4.14. The fraction of sp³-hybridized carbons (Fsp3) is 0.154. The Morgan fingerprint density at radius 1 is 0.944 bits per heavy atom. The van der Waals surface area contributed by atoms with Crippen LogP contribution >= 0.6 is 12.4 Å². The summed E-state index contributed by atoms with van der Waals surface area (Å²) in [6.45, 7) is 0. The van der Waals surface area contributed by atoms with E-state index < -0.39 is 0 Å². The predicted octanol–water partition coefficient (Wildman–Crippen LogP) is 3.98. The van der Waals surface area contributed by atoms with Gasteiger partial charge in [0.25, 0.3) is 0 Å². The van der Waals surface area contributed by atoms with Crippen LogP contribution in [0.5, 0.6) is 0 Å². The fourth-order valence-electron chi connectivity index (χ4n) is 1.35. The quantitative estimate of drug-likeness (QED) is 0.785. The van der Waals surface area contributed by atoms with Gasteiger partial charge >= 0.3 is 0 Å². The molecule has 0 saturated heterocycles. The summed E-state index contributed by atoms with van der Waals surface area (Å²) in [4.78, 5) is 6.02. The molecule has 0 N–H and O–H groups in total. The van der Waals surface area contributed by atoms with Crippen molar-refractivity contribution in [2.45, 2.75) is 0 Å². The molecule has 1 aromatic heterocycles. The van der Waals surface area contributed by atoms with E-state index in [-0.39, 0.29) is 12.4 Å². The molecule has 0 aliphatic rings. The summed E-state index contributed by atoms with van der Waals surface area (Å²) in [7, 11) is 4.01. The zero-order chi connectivity index (χ0) is 12.1. The minimum Gasteiger partial charge on any atom is -0.378 e. The topological polar surface area (TPSA) is 40.9 Å². The van der Waals surface area contributed by atoms with Crippen LogP contribution in [0.4, 0.5) is 17.1 Å². The number of hydrogen-bond acceptors (Lipinski definition) is 4. The van der Waals surface area contributed by atoms with Gasteiger partial charge in [0.1, 0.15) is 5.69 Å². The number of benzene rings is 1. The maximum Gasteiger partial charge on any atom is 0.104 e. The van der Waals surface area contributed by atoms with Crippen LogP contribution in [0.3, 0.4) is 0 Å². The third-order valence-corrected chi connectivity index (χ3v) is 2.29. The molecule has 0 saturated carbocycles. The molecule has 5 heteroatoms. The molecule has 18 heavy (non-hydrogen) atoms. The SMILES string of the molecule is CN(C)c1ccc(N=Nc2cccnc2)cc1.Cl. The Labute approximate surface area is 113 Å². The van der Waals surface area contributed by atoms with Gasteiger partial charge in [0.15, 0.2) is 0 Å². The van der Waals surface area contributed by atoms with E-state index in [0.29, 0.717) is 0 Å². The summed E-state index contributed by atoms with van der Waals surface area (Å²) in [5.41, 5.74) is 2.73. The maximum absolute atomic E-state index is 4.14. The molecule has 0 bridgehead atoms. The van der Waals surface area contributed by atoms with Crippen LogP contribution in [0.25, 0.3) is 0 Å². The van der Waals surface area contributed by atoms with E-state index in [1.165, 1.54) is 0 Å². The second-order valence-electron chi connectivity index (χ2n) is 3.82. The van der Waals surface area contributed by atoms with Gasteiger partial charge in [0.2, 0.25) is 0 Å². The highest BCUT2D eigenvalue weighted by Gasteiger charge is 1.94. The highest BCUT2D eigenvalue weighted by atomic mass is 35.5. The number of azo groups is 1. The van der Waals surface area contributed by atoms with Crippen molar-refractivity contribution in [3.05, 3.63) is 48.8 Å². The van der Waals surface area contributed by atoms with E-state index in [0.717, 1.165) is 17.1 Å². The molecular formula is C13H15ClN4. The monoisotopic (exact) mass is 262 g/mol. The fourth-order valence-corrected chi connectivity index (χ4v) is 1.35. The Hall–Kier alpha value is -1.94. The largest absolute Gasteiger partial charge is 0.378 e. The highest BCUT2D eigenvalue weighted by molar-refractivity contribution is 5.85. The lowest BCUT2D eigenvalue weighted by Crippen LogP contribution is -2.07. The molecule has 2 aromatic rings. The van der Waals surface area contributed by atoms with Crippen LogP contribution in [0.2, 0.25) is 0 Å². The van der Waals surface area contributed by atoms with E-state index in [9.17, 15) is 0 Å². The van der Waals surface area contributed by atoms with Crippen LogP contribution in [-0.4, -0.2) is 19.1 Å². The Kier molecular flexibility index (Phi) is 5.27. The third kappa shape index (κ3) is 3.82. The first-order valence-electron chi connectivity index (χ1n) is 5.35. The van der Waals surface area contributed by atoms with Crippen molar-refractivity contribution in [3.63, 3.8) is 0 Å². The molecule has 2 rings (SSSR count). The van der Waals surface area contributed by atoms with E-state index >= 15 is 0 Å². The summed E-state index contributed by atoms with van der Waals surface area (Å²) >= 11 is 0. The summed E-state index contributed by atoms with van der Waals surface area (Å²) in [5.74, 6) is 0. The van der Waals surface area contributed by atoms with Crippen molar-refractivity contribution in [2.24, 2.45) is 10.2 Å². The first-order valence-corrected chi connectivity index (χ1v) is 5.35. The zero-order valence-electron chi connectivity index (χ0n) is 10.3. The van der Waals surface area contributed by atoms with Crippen molar-refractivity contribution in [1.82, 2.24) is 4.98 Å². The van der Waals surface area contributed by atoms with Crippen molar-refractivity contribution >= 4 is 29.5 Å². The van der Waals surface area contributed by atoms with Crippen molar-refractivity contribution in [1.29, 1.82) is 0 Å². The van der Waals surface area contributed by atoms with Gasteiger partial charge in [0.05, 0.1) is 11.9 Å². The lowest BCUT2D eigenvalue weighted by molar-refractivity contribution is 1.13. The zero-order valence-corrected chi connectivity index (χ0v) is 11.1. The van der Waals surface area contributed by atoms with Crippen LogP contribution < -0.4 is 4.90 Å². The lowest BCUT2D eigenvalue weighted by atomic mass is 10.3. The first kappa shape index (κ1) is 14.1. The van der Waals surface area contributed by atoms with Crippen molar-refractivity contribution in [2.75, 3.05) is 19.0 Å². The molecule has 94 valence electrons. The predicted molar refractivity (Wildman–Crippen MR) is 76.4 cm³/mol. The Bertz CT molecular complexity index is 494. The van der Waals surface area contributed by atoms with E-state index in [1.807, 2.05) is 55.4 Å². The third-order valence-electron chi connectivity index (χ3n) is 2.29. The van der Waals surface area contributed by atoms with Gasteiger partial charge in [-0.05, 0) is 36.4 Å². The molecule has 0 aliphatic heterocycles. The van der Waals surface area contributed by atoms with Crippen molar-refractivity contribution in [3.8, 4) is 0 Å². The smallest absolute Gasteiger partial charge is 0.104 e. The van der Waals surface area contributed by atoms with Crippen LogP contribution in [0, 0.1) is 0 Å². The Balaban J connectivity index is 0.00000162. The second-order valence-corrected chi connectivity index (χ2v) is 3.82. The van der Waals surface area contributed by atoms with E-state index in [2.05, 4.69) is 15.2 Å². The molecule has 4 nitrogen and oxygen atoms in total. The summed E-state index contributed by atoms with van der Waals surface area (Å²) in [6.07, 6.45) is 3.39. The molecule has 0 unspecified atom stereocenters. The van der Waals surface area contributed by atoms with Gasteiger partial charge < -0.3 is 4.90 Å². The molecule has 1 heterocycles. The standard InChI is InChI=1S/C13H14N4.ClH/c1-17(2)13-7-5-11(6-8-13)15-16-12-4-3-9-14-10-12;/h3-10H,1-2H3;1H. The minimum atomic E-state index is 0. The van der Waals surface area contributed by atoms with Gasteiger partial charge in [-0.3, -0.25) is 4.98 Å². The number of hydrogen-bond donors (Lipinski definition) is 0. The molecule has 0 spiro atoms. The number of nitrogens with zero attached hydrogens (tertiary/aromatic N) is 4. The molecule has 0 fully saturated rings. The molecular weight excluding hydrogens is 248 g/mol. The minimum absolute atomic E-state index is 0. The highest BCUT2D eigenvalue weighted by Crippen LogP contribution is 2.20. The molecule has 0 amide bonds. The van der Waals surface area contributed by atoms with Gasteiger partial charge in [-0.15, -0.1) is 17.5 Å². The van der Waals surface area contributed by atoms with E-state index in [1.54, 1.807) is 12.4 Å². The van der Waals surface area contributed by atoms with Gasteiger partial charge in [-0.25, -0.2) is 0 Å². The molecule has 0 radical (unpaired) electrons. The number of anilines is 1. The first-order chi connectivity index (χ1) is 8.25. The van der Waals surface area contributed by atoms with Gasteiger partial charge in [-0.2, -0.15) is 5.11 Å². The normalized spacial score (nSPS) is 10.1. The summed E-state index contributed by atoms with van der Waals surface area (Å²) in [6, 6.07) is 11.6. The number of rotatable bonds is 3. The molecule has 1 aromatic carbocycles. The number of halogens is 1. The lowest BCUT2D eigenvalue weighted by Gasteiger charge is -2.11. The summed E-state index contributed by atoms with van der Waals surface area (Å²) in [5, 5.41) is 8.24. The average molecular weight is 263 g/mol. The van der Waals surface area contributed by atoms with E-state index in [4.69, 9.17) is 0 Å². The van der Waals surface area contributed by atoms with Crippen LogP contribution in [0.1, 0.15) is 0 Å². The summed E-state index contributed by atoms with van der Waals surface area (Å²) < 4.78 is 0. The van der Waals surface area contributed by atoms with Crippen LogP contribution in [-0.2, 0) is 0 Å². The molecule has 0 atom stereocenters. The molecule has 0 aliphatic carbocycles. The average Bonchev–Trinajstić information content (AvgIpc) is 2.38. The Morgan fingerprint density at radius 2 is 1.61 bits per heavy atom. The number of pyridine rings is 1.